The van der Waals surface area contributed by atoms with Gasteiger partial charge in [0.25, 0.3) is 0 Å². The molecule has 0 unspecified atom stereocenters. The molecule has 24 heavy (non-hydrogen) atoms. The minimum Gasteiger partial charge on any atom is -0.493 e. The molecule has 0 aliphatic carbocycles. The second kappa shape index (κ2) is 7.16. The van der Waals surface area contributed by atoms with Gasteiger partial charge in [-0.1, -0.05) is 35.9 Å². The van der Waals surface area contributed by atoms with Crippen LogP contribution in [0.5, 0.6) is 5.75 Å². The second-order valence-electron chi connectivity index (χ2n) is 5.76. The minimum atomic E-state index is 0.559. The van der Waals surface area contributed by atoms with Crippen molar-refractivity contribution in [2.45, 2.75) is 27.3 Å². The van der Waals surface area contributed by atoms with E-state index >= 15 is 0 Å². The van der Waals surface area contributed by atoms with Crippen LogP contribution in [-0.4, -0.2) is 11.6 Å². The van der Waals surface area contributed by atoms with Gasteiger partial charge in [-0.3, -0.25) is 0 Å². The van der Waals surface area contributed by atoms with Gasteiger partial charge in [-0.2, -0.15) is 0 Å². The van der Waals surface area contributed by atoms with Crippen LogP contribution in [0.1, 0.15) is 22.9 Å². The van der Waals surface area contributed by atoms with Gasteiger partial charge < -0.3 is 10.5 Å². The first-order chi connectivity index (χ1) is 11.6. The molecule has 0 bridgehead atoms. The molecule has 0 fully saturated rings. The van der Waals surface area contributed by atoms with Crippen molar-refractivity contribution in [3.05, 3.63) is 58.5 Å². The van der Waals surface area contributed by atoms with Crippen LogP contribution in [0.25, 0.3) is 21.8 Å². The van der Waals surface area contributed by atoms with E-state index in [1.165, 1.54) is 10.4 Å². The van der Waals surface area contributed by atoms with Crippen molar-refractivity contribution < 1.29 is 4.74 Å². The van der Waals surface area contributed by atoms with E-state index in [1.54, 1.807) is 11.3 Å². The van der Waals surface area contributed by atoms with Crippen molar-refractivity contribution in [2.75, 3.05) is 6.61 Å². The van der Waals surface area contributed by atoms with Gasteiger partial charge >= 0.3 is 0 Å². The first-order valence-electron chi connectivity index (χ1n) is 8.13. The van der Waals surface area contributed by atoms with E-state index in [0.717, 1.165) is 33.1 Å². The summed E-state index contributed by atoms with van der Waals surface area (Å²) in [5.74, 6) is 0.890. The summed E-state index contributed by atoms with van der Waals surface area (Å²) in [6.07, 6.45) is 0. The predicted molar refractivity (Wildman–Crippen MR) is 102 cm³/mol. The highest BCUT2D eigenvalue weighted by atomic mass is 32.1. The van der Waals surface area contributed by atoms with Crippen LogP contribution in [0.15, 0.2) is 42.5 Å². The molecule has 0 saturated carbocycles. The molecule has 124 valence electrons. The summed E-state index contributed by atoms with van der Waals surface area (Å²) in [6, 6.07) is 14.5. The fourth-order valence-corrected chi connectivity index (χ4v) is 3.60. The number of thiazole rings is 1. The average molecular weight is 338 g/mol. The zero-order valence-electron chi connectivity index (χ0n) is 14.3. The summed E-state index contributed by atoms with van der Waals surface area (Å²) in [4.78, 5) is 6.09. The summed E-state index contributed by atoms with van der Waals surface area (Å²) < 4.78 is 5.80. The lowest BCUT2D eigenvalue weighted by Crippen LogP contribution is -1.96. The highest BCUT2D eigenvalue weighted by molar-refractivity contribution is 7.15. The topological polar surface area (TPSA) is 48.1 Å². The molecule has 0 aliphatic rings. The molecule has 3 rings (SSSR count). The Morgan fingerprint density at radius 3 is 2.50 bits per heavy atom. The molecule has 0 saturated heterocycles. The van der Waals surface area contributed by atoms with Crippen molar-refractivity contribution in [3.8, 4) is 27.6 Å². The minimum absolute atomic E-state index is 0.559. The molecule has 0 spiro atoms. The largest absolute Gasteiger partial charge is 0.493 e. The van der Waals surface area contributed by atoms with Crippen LogP contribution in [0, 0.1) is 13.8 Å². The van der Waals surface area contributed by atoms with Crippen molar-refractivity contribution >= 4 is 11.3 Å². The number of hydrogen-bond donors (Lipinski definition) is 1. The third-order valence-electron chi connectivity index (χ3n) is 3.92. The Labute approximate surface area is 147 Å². The monoisotopic (exact) mass is 338 g/mol. The lowest BCUT2D eigenvalue weighted by molar-refractivity contribution is 0.341. The number of nitrogens with two attached hydrogens (primary N) is 1. The lowest BCUT2D eigenvalue weighted by Gasteiger charge is -2.10. The fraction of sp³-hybridized carbons (Fsp3) is 0.250. The van der Waals surface area contributed by atoms with Gasteiger partial charge in [0.2, 0.25) is 0 Å². The summed E-state index contributed by atoms with van der Waals surface area (Å²) in [5, 5.41) is 1.02. The van der Waals surface area contributed by atoms with E-state index in [2.05, 4.69) is 50.2 Å². The maximum atomic E-state index is 5.80. The normalized spacial score (nSPS) is 10.8. The molecule has 0 aliphatic heterocycles. The van der Waals surface area contributed by atoms with Crippen LogP contribution in [-0.2, 0) is 6.54 Å². The molecular weight excluding hydrogens is 316 g/mol. The molecular formula is C20H22N2OS. The Hall–Kier alpha value is -2.17. The molecule has 2 aromatic carbocycles. The Morgan fingerprint density at radius 2 is 1.83 bits per heavy atom. The molecule has 3 nitrogen and oxygen atoms in total. The Bertz CT molecular complexity index is 837. The third-order valence-corrected chi connectivity index (χ3v) is 4.94. The van der Waals surface area contributed by atoms with E-state index in [9.17, 15) is 0 Å². The Morgan fingerprint density at radius 1 is 1.08 bits per heavy atom. The summed E-state index contributed by atoms with van der Waals surface area (Å²) >= 11 is 1.71. The van der Waals surface area contributed by atoms with E-state index in [4.69, 9.17) is 15.5 Å². The average Bonchev–Trinajstić information content (AvgIpc) is 2.98. The van der Waals surface area contributed by atoms with Crippen LogP contribution < -0.4 is 10.5 Å². The van der Waals surface area contributed by atoms with Crippen LogP contribution in [0.3, 0.4) is 0 Å². The molecule has 2 N–H and O–H groups in total. The van der Waals surface area contributed by atoms with Crippen LogP contribution >= 0.6 is 11.3 Å². The number of aryl methyl sites for hydroxylation is 2. The summed E-state index contributed by atoms with van der Waals surface area (Å²) in [5.41, 5.74) is 11.2. The first kappa shape index (κ1) is 16.7. The fourth-order valence-electron chi connectivity index (χ4n) is 2.66. The van der Waals surface area contributed by atoms with Crippen molar-refractivity contribution in [1.29, 1.82) is 0 Å². The maximum Gasteiger partial charge on any atom is 0.128 e. The lowest BCUT2D eigenvalue weighted by atomic mass is 10.1. The summed E-state index contributed by atoms with van der Waals surface area (Å²) in [6.45, 7) is 7.41. The molecule has 0 amide bonds. The standard InChI is InChI=1S/C20H22N2OS/c1-4-23-18-10-5-13(2)11-17(18)19-14(3)24-20(22-19)16-8-6-15(12-21)7-9-16/h5-11H,4,12,21H2,1-3H3. The zero-order chi connectivity index (χ0) is 17.1. The zero-order valence-corrected chi connectivity index (χ0v) is 15.1. The van der Waals surface area contributed by atoms with Crippen molar-refractivity contribution in [1.82, 2.24) is 4.98 Å². The number of hydrogen-bond acceptors (Lipinski definition) is 4. The molecule has 1 aromatic heterocycles. The van der Waals surface area contributed by atoms with E-state index in [1.807, 2.05) is 13.0 Å². The van der Waals surface area contributed by atoms with Gasteiger partial charge in [-0.15, -0.1) is 11.3 Å². The number of nitrogens with zero attached hydrogens (tertiary/aromatic N) is 1. The number of aromatic nitrogens is 1. The van der Waals surface area contributed by atoms with E-state index in [-0.39, 0.29) is 0 Å². The maximum absolute atomic E-state index is 5.80. The highest BCUT2D eigenvalue weighted by Crippen LogP contribution is 2.38. The number of ether oxygens (including phenoxy) is 1. The smallest absolute Gasteiger partial charge is 0.128 e. The molecule has 4 heteroatoms. The Kier molecular flexibility index (Phi) is 4.97. The number of rotatable bonds is 5. The van der Waals surface area contributed by atoms with Gasteiger partial charge in [-0.25, -0.2) is 4.98 Å². The summed E-state index contributed by atoms with van der Waals surface area (Å²) in [7, 11) is 0. The number of benzene rings is 2. The molecule has 3 aromatic rings. The second-order valence-corrected chi connectivity index (χ2v) is 6.96. The Balaban J connectivity index is 2.04. The van der Waals surface area contributed by atoms with Crippen molar-refractivity contribution in [2.24, 2.45) is 5.73 Å². The van der Waals surface area contributed by atoms with Crippen LogP contribution in [0.4, 0.5) is 0 Å². The molecule has 0 atom stereocenters. The third kappa shape index (κ3) is 3.35. The van der Waals surface area contributed by atoms with Gasteiger partial charge in [0.15, 0.2) is 0 Å². The first-order valence-corrected chi connectivity index (χ1v) is 8.94. The van der Waals surface area contributed by atoms with Gasteiger partial charge in [-0.05, 0) is 38.5 Å². The van der Waals surface area contributed by atoms with Gasteiger partial charge in [0, 0.05) is 22.5 Å². The van der Waals surface area contributed by atoms with Gasteiger partial charge in [0.05, 0.1) is 12.3 Å². The van der Waals surface area contributed by atoms with E-state index in [0.29, 0.717) is 13.2 Å². The molecule has 1 heterocycles. The van der Waals surface area contributed by atoms with E-state index < -0.39 is 0 Å². The SMILES string of the molecule is CCOc1ccc(C)cc1-c1nc(-c2ccc(CN)cc2)sc1C. The van der Waals surface area contributed by atoms with Crippen molar-refractivity contribution in [3.63, 3.8) is 0 Å². The molecule has 0 radical (unpaired) electrons. The quantitative estimate of drug-likeness (QED) is 0.716. The van der Waals surface area contributed by atoms with Gasteiger partial charge in [0.1, 0.15) is 10.8 Å². The van der Waals surface area contributed by atoms with Crippen LogP contribution in [0.2, 0.25) is 0 Å². The predicted octanol–water partition coefficient (Wildman–Crippen LogP) is 4.95. The highest BCUT2D eigenvalue weighted by Gasteiger charge is 2.15.